The summed E-state index contributed by atoms with van der Waals surface area (Å²) in [4.78, 5) is -0.0487. The molecule has 0 saturated heterocycles. The van der Waals surface area contributed by atoms with Gasteiger partial charge in [-0.1, -0.05) is 53.5 Å². The molecule has 0 amide bonds. The third-order valence-electron chi connectivity index (χ3n) is 3.57. The van der Waals surface area contributed by atoms with Gasteiger partial charge >= 0.3 is 0 Å². The highest BCUT2D eigenvalue weighted by atomic mass is 35.5. The summed E-state index contributed by atoms with van der Waals surface area (Å²) in [7, 11) is -3.75. The monoisotopic (exact) mass is 395 g/mol. The summed E-state index contributed by atoms with van der Waals surface area (Å²) in [5.74, 6) is 0.679. The van der Waals surface area contributed by atoms with Crippen LogP contribution in [0, 0.1) is 0 Å². The highest BCUT2D eigenvalue weighted by Gasteiger charge is 2.17. The van der Waals surface area contributed by atoms with Crippen LogP contribution in [0.15, 0.2) is 65.6 Å². The molecule has 3 aromatic carbocycles. The van der Waals surface area contributed by atoms with Crippen LogP contribution in [0.1, 0.15) is 0 Å². The Morgan fingerprint density at radius 1 is 0.920 bits per heavy atom. The highest BCUT2D eigenvalue weighted by molar-refractivity contribution is 7.89. The van der Waals surface area contributed by atoms with E-state index in [1.54, 1.807) is 0 Å². The molecule has 0 heterocycles. The average molecular weight is 396 g/mol. The van der Waals surface area contributed by atoms with Crippen LogP contribution in [0.5, 0.6) is 5.75 Å². The molecule has 0 atom stereocenters. The fraction of sp³-hybridized carbons (Fsp3) is 0.111. The maximum Gasteiger partial charge on any atom is 0.242 e. The smallest absolute Gasteiger partial charge is 0.242 e. The molecule has 0 fully saturated rings. The van der Waals surface area contributed by atoms with Crippen LogP contribution in [0.2, 0.25) is 10.0 Å². The van der Waals surface area contributed by atoms with Crippen molar-refractivity contribution in [2.24, 2.45) is 0 Å². The molecule has 0 aliphatic carbocycles. The second-order valence-corrected chi connectivity index (χ2v) is 7.91. The first-order valence-electron chi connectivity index (χ1n) is 7.52. The molecule has 0 radical (unpaired) electrons. The Morgan fingerprint density at radius 2 is 1.68 bits per heavy atom. The van der Waals surface area contributed by atoms with Gasteiger partial charge in [-0.15, -0.1) is 0 Å². The molecular formula is C18H15Cl2NO3S. The van der Waals surface area contributed by atoms with E-state index in [4.69, 9.17) is 27.9 Å². The van der Waals surface area contributed by atoms with E-state index in [0.29, 0.717) is 10.8 Å². The number of halogens is 2. The minimum atomic E-state index is -3.75. The van der Waals surface area contributed by atoms with Crippen LogP contribution in [0.3, 0.4) is 0 Å². The molecule has 130 valence electrons. The zero-order valence-corrected chi connectivity index (χ0v) is 15.4. The van der Waals surface area contributed by atoms with Gasteiger partial charge < -0.3 is 4.74 Å². The molecule has 0 bridgehead atoms. The van der Waals surface area contributed by atoms with E-state index in [-0.39, 0.29) is 23.1 Å². The number of rotatable bonds is 6. The predicted octanol–water partition coefficient (Wildman–Crippen LogP) is 4.50. The van der Waals surface area contributed by atoms with Gasteiger partial charge in [-0.25, -0.2) is 13.1 Å². The lowest BCUT2D eigenvalue weighted by Crippen LogP contribution is -2.28. The summed E-state index contributed by atoms with van der Waals surface area (Å²) < 4.78 is 32.6. The maximum atomic E-state index is 12.3. The van der Waals surface area contributed by atoms with Crippen LogP contribution in [0.25, 0.3) is 10.8 Å². The number of hydrogen-bond acceptors (Lipinski definition) is 3. The summed E-state index contributed by atoms with van der Waals surface area (Å²) in [5.41, 5.74) is 0. The zero-order valence-electron chi connectivity index (χ0n) is 13.1. The van der Waals surface area contributed by atoms with Crippen LogP contribution < -0.4 is 9.46 Å². The lowest BCUT2D eigenvalue weighted by Gasteiger charge is -2.10. The van der Waals surface area contributed by atoms with Gasteiger partial charge in [-0.05, 0) is 41.1 Å². The van der Waals surface area contributed by atoms with Gasteiger partial charge in [0.25, 0.3) is 0 Å². The minimum absolute atomic E-state index is 0.0487. The first kappa shape index (κ1) is 18.0. The Balaban J connectivity index is 1.61. The summed E-state index contributed by atoms with van der Waals surface area (Å²) in [6.07, 6.45) is 0. The molecule has 4 nitrogen and oxygen atoms in total. The van der Waals surface area contributed by atoms with Gasteiger partial charge in [0.15, 0.2) is 0 Å². The van der Waals surface area contributed by atoms with E-state index in [2.05, 4.69) is 4.72 Å². The van der Waals surface area contributed by atoms with Crippen molar-refractivity contribution in [3.8, 4) is 5.75 Å². The summed E-state index contributed by atoms with van der Waals surface area (Å²) in [6, 6.07) is 18.0. The lowest BCUT2D eigenvalue weighted by atomic mass is 10.1. The zero-order chi connectivity index (χ0) is 17.9. The van der Waals surface area contributed by atoms with Crippen LogP contribution >= 0.6 is 23.2 Å². The summed E-state index contributed by atoms with van der Waals surface area (Å²) in [5, 5.41) is 2.60. The van der Waals surface area contributed by atoms with Crippen molar-refractivity contribution in [3.05, 3.63) is 70.7 Å². The number of fused-ring (bicyclic) bond motifs is 1. The van der Waals surface area contributed by atoms with Crippen molar-refractivity contribution >= 4 is 44.0 Å². The molecular weight excluding hydrogens is 381 g/mol. The van der Waals surface area contributed by atoms with Gasteiger partial charge in [-0.3, -0.25) is 0 Å². The van der Waals surface area contributed by atoms with Gasteiger partial charge in [0.05, 0.1) is 5.02 Å². The van der Waals surface area contributed by atoms with Crippen LogP contribution in [-0.2, 0) is 10.0 Å². The third-order valence-corrected chi connectivity index (χ3v) is 5.74. The molecule has 0 spiro atoms. The van der Waals surface area contributed by atoms with Crippen molar-refractivity contribution in [1.29, 1.82) is 0 Å². The van der Waals surface area contributed by atoms with Crippen molar-refractivity contribution in [2.45, 2.75) is 4.90 Å². The van der Waals surface area contributed by atoms with Gasteiger partial charge in [-0.2, -0.15) is 0 Å². The van der Waals surface area contributed by atoms with E-state index in [1.165, 1.54) is 18.2 Å². The molecule has 3 aromatic rings. The molecule has 1 N–H and O–H groups in total. The number of hydrogen-bond donors (Lipinski definition) is 1. The quantitative estimate of drug-likeness (QED) is 0.624. The molecule has 0 aliphatic rings. The number of ether oxygens (including phenoxy) is 1. The molecule has 3 rings (SSSR count). The topological polar surface area (TPSA) is 55.4 Å². The molecule has 25 heavy (non-hydrogen) atoms. The van der Waals surface area contributed by atoms with Gasteiger partial charge in [0.2, 0.25) is 10.0 Å². The fourth-order valence-electron chi connectivity index (χ4n) is 2.36. The van der Waals surface area contributed by atoms with Crippen LogP contribution in [0.4, 0.5) is 0 Å². The Bertz CT molecular complexity index is 1010. The maximum absolute atomic E-state index is 12.3. The van der Waals surface area contributed by atoms with Crippen molar-refractivity contribution in [1.82, 2.24) is 4.72 Å². The van der Waals surface area contributed by atoms with E-state index in [0.717, 1.165) is 10.8 Å². The predicted molar refractivity (Wildman–Crippen MR) is 101 cm³/mol. The van der Waals surface area contributed by atoms with Crippen LogP contribution in [-0.4, -0.2) is 21.6 Å². The second-order valence-electron chi connectivity index (χ2n) is 5.33. The Morgan fingerprint density at radius 3 is 2.48 bits per heavy atom. The second kappa shape index (κ2) is 7.62. The fourth-order valence-corrected chi connectivity index (χ4v) is 4.14. The van der Waals surface area contributed by atoms with E-state index in [1.807, 2.05) is 42.5 Å². The highest BCUT2D eigenvalue weighted by Crippen LogP contribution is 2.25. The van der Waals surface area contributed by atoms with E-state index < -0.39 is 10.0 Å². The SMILES string of the molecule is O=S(=O)(NCCOc1ccc2ccccc2c1)c1cc(Cl)ccc1Cl. The first-order valence-corrected chi connectivity index (χ1v) is 9.76. The normalized spacial score (nSPS) is 11.6. The van der Waals surface area contributed by atoms with Gasteiger partial charge in [0.1, 0.15) is 17.3 Å². The molecule has 7 heteroatoms. The Kier molecular flexibility index (Phi) is 5.49. The first-order chi connectivity index (χ1) is 12.0. The molecule has 0 saturated carbocycles. The largest absolute Gasteiger partial charge is 0.492 e. The van der Waals surface area contributed by atoms with Gasteiger partial charge in [0, 0.05) is 11.6 Å². The van der Waals surface area contributed by atoms with Crippen molar-refractivity contribution < 1.29 is 13.2 Å². The molecule has 0 aliphatic heterocycles. The minimum Gasteiger partial charge on any atom is -0.492 e. The number of sulfonamides is 1. The van der Waals surface area contributed by atoms with Crippen molar-refractivity contribution in [2.75, 3.05) is 13.2 Å². The summed E-state index contributed by atoms with van der Waals surface area (Å²) >= 11 is 11.8. The standard InChI is InChI=1S/C18H15Cl2NO3S/c19-15-6-8-17(20)18(12-15)25(22,23)21-9-10-24-16-7-5-13-3-1-2-4-14(13)11-16/h1-8,11-12,21H,9-10H2. The Hall–Kier alpha value is -1.79. The van der Waals surface area contributed by atoms with Crippen molar-refractivity contribution in [3.63, 3.8) is 0 Å². The molecule has 0 aromatic heterocycles. The third kappa shape index (κ3) is 4.44. The Labute approximate surface area is 156 Å². The summed E-state index contributed by atoms with van der Waals surface area (Å²) in [6.45, 7) is 0.299. The molecule has 0 unspecified atom stereocenters. The van der Waals surface area contributed by atoms with E-state index in [9.17, 15) is 8.42 Å². The lowest BCUT2D eigenvalue weighted by molar-refractivity contribution is 0.323. The average Bonchev–Trinajstić information content (AvgIpc) is 2.60. The van der Waals surface area contributed by atoms with E-state index >= 15 is 0 Å². The number of nitrogens with one attached hydrogen (secondary N) is 1. The number of benzene rings is 3.